The number of urea groups is 1. The van der Waals surface area contributed by atoms with Crippen molar-refractivity contribution in [3.63, 3.8) is 0 Å². The molecule has 204 valence electrons. The van der Waals surface area contributed by atoms with Crippen molar-refractivity contribution in [1.82, 2.24) is 29.3 Å². The summed E-state index contributed by atoms with van der Waals surface area (Å²) in [5.74, 6) is -3.36. The van der Waals surface area contributed by atoms with Crippen molar-refractivity contribution in [2.24, 2.45) is 5.92 Å². The Kier molecular flexibility index (Phi) is 6.78. The highest BCUT2D eigenvalue weighted by Gasteiger charge is 2.46. The summed E-state index contributed by atoms with van der Waals surface area (Å²) in [5.41, 5.74) is 2.50. The van der Waals surface area contributed by atoms with Gasteiger partial charge in [-0.15, -0.1) is 0 Å². The second-order valence-corrected chi connectivity index (χ2v) is 10.5. The van der Waals surface area contributed by atoms with Crippen LogP contribution in [0.5, 0.6) is 0 Å². The monoisotopic (exact) mass is 556 g/mol. The van der Waals surface area contributed by atoms with Gasteiger partial charge in [-0.05, 0) is 54.9 Å². The minimum absolute atomic E-state index is 0.0423. The summed E-state index contributed by atoms with van der Waals surface area (Å²) in [5, 5.41) is 6.54. The smallest absolute Gasteiger partial charge is 0.343 e. The number of aryl methyl sites for hydroxylation is 1. The highest BCUT2D eigenvalue weighted by atomic mass is 32.1. The molecule has 3 aromatic heterocycles. The molecule has 4 heterocycles. The summed E-state index contributed by atoms with van der Waals surface area (Å²) in [6.07, 6.45) is -1.30. The van der Waals surface area contributed by atoms with E-state index in [1.165, 1.54) is 0 Å². The fourth-order valence-corrected chi connectivity index (χ4v) is 5.67. The molecular weight excluding hydrogens is 531 g/mol. The number of hydrogen-bond donors (Lipinski definition) is 2. The molecule has 0 spiro atoms. The van der Waals surface area contributed by atoms with Crippen LogP contribution in [-0.4, -0.2) is 55.3 Å². The first kappa shape index (κ1) is 26.3. The van der Waals surface area contributed by atoms with Crippen LogP contribution in [0.3, 0.4) is 0 Å². The van der Waals surface area contributed by atoms with Gasteiger partial charge < -0.3 is 19.9 Å². The number of halogens is 5. The van der Waals surface area contributed by atoms with E-state index < -0.39 is 36.8 Å². The van der Waals surface area contributed by atoms with E-state index in [1.54, 1.807) is 41.2 Å². The zero-order chi connectivity index (χ0) is 27.2. The molecule has 8 nitrogen and oxygen atoms in total. The van der Waals surface area contributed by atoms with Gasteiger partial charge in [-0.1, -0.05) is 0 Å². The number of rotatable bonds is 6. The van der Waals surface area contributed by atoms with Gasteiger partial charge in [-0.3, -0.25) is 4.79 Å². The third-order valence-corrected chi connectivity index (χ3v) is 7.85. The summed E-state index contributed by atoms with van der Waals surface area (Å²) in [6, 6.07) is -0.0316. The van der Waals surface area contributed by atoms with Gasteiger partial charge in [0.1, 0.15) is 11.7 Å². The van der Waals surface area contributed by atoms with Crippen LogP contribution in [-0.2, 0) is 6.54 Å². The molecule has 5 rings (SSSR count). The van der Waals surface area contributed by atoms with E-state index in [4.69, 9.17) is 0 Å². The Morgan fingerprint density at radius 2 is 2.05 bits per heavy atom. The van der Waals surface area contributed by atoms with Crippen molar-refractivity contribution < 1.29 is 31.5 Å². The van der Waals surface area contributed by atoms with Gasteiger partial charge in [0.15, 0.2) is 0 Å². The molecule has 0 bridgehead atoms. The third kappa shape index (κ3) is 5.45. The van der Waals surface area contributed by atoms with Crippen molar-refractivity contribution >= 4 is 29.1 Å². The van der Waals surface area contributed by atoms with Crippen LogP contribution in [0.2, 0.25) is 0 Å². The zero-order valence-electron chi connectivity index (χ0n) is 20.3. The molecule has 2 atom stereocenters. The molecule has 1 unspecified atom stereocenters. The number of carbonyl (C=O) groups excluding carboxylic acids is 2. The first-order valence-electron chi connectivity index (χ1n) is 12.1. The Labute approximate surface area is 218 Å². The molecule has 14 heteroatoms. The number of carbonyl (C=O) groups is 2. The van der Waals surface area contributed by atoms with Crippen LogP contribution in [0.25, 0.3) is 5.65 Å². The first-order valence-corrected chi connectivity index (χ1v) is 12.9. The van der Waals surface area contributed by atoms with Crippen molar-refractivity contribution in [2.45, 2.75) is 63.3 Å². The molecule has 0 aromatic carbocycles. The van der Waals surface area contributed by atoms with Crippen LogP contribution >= 0.6 is 11.5 Å². The Bertz CT molecular complexity index is 1350. The Balaban J connectivity index is 1.38. The van der Waals surface area contributed by atoms with E-state index in [0.717, 1.165) is 16.4 Å². The van der Waals surface area contributed by atoms with Crippen molar-refractivity contribution in [2.75, 3.05) is 6.54 Å². The number of alkyl halides is 5. The van der Waals surface area contributed by atoms with Crippen molar-refractivity contribution in [3.8, 4) is 0 Å². The highest BCUT2D eigenvalue weighted by molar-refractivity contribution is 7.03. The van der Waals surface area contributed by atoms with E-state index >= 15 is 0 Å². The number of pyridine rings is 1. The molecule has 1 saturated heterocycles. The van der Waals surface area contributed by atoms with Gasteiger partial charge >= 0.3 is 12.2 Å². The summed E-state index contributed by atoms with van der Waals surface area (Å²) in [6.45, 7) is 1.18. The first-order chi connectivity index (χ1) is 17.9. The van der Waals surface area contributed by atoms with Crippen molar-refractivity contribution in [3.05, 3.63) is 52.4 Å². The largest absolute Gasteiger partial charge is 0.410 e. The highest BCUT2D eigenvalue weighted by Crippen LogP contribution is 2.41. The minimum Gasteiger partial charge on any atom is -0.343 e. The van der Waals surface area contributed by atoms with E-state index in [0.29, 0.717) is 28.2 Å². The lowest BCUT2D eigenvalue weighted by Crippen LogP contribution is -2.40. The molecule has 2 fully saturated rings. The summed E-state index contributed by atoms with van der Waals surface area (Å²) < 4.78 is 72.6. The summed E-state index contributed by atoms with van der Waals surface area (Å²) in [4.78, 5) is 30.8. The lowest BCUT2D eigenvalue weighted by atomic mass is 9.81. The van der Waals surface area contributed by atoms with Gasteiger partial charge in [0.05, 0.1) is 29.5 Å². The quantitative estimate of drug-likeness (QED) is 0.425. The minimum atomic E-state index is -4.54. The number of nitrogens with zero attached hydrogens (tertiary/aromatic N) is 4. The third-order valence-electron chi connectivity index (χ3n) is 7.13. The lowest BCUT2D eigenvalue weighted by molar-refractivity contribution is -0.149. The maximum Gasteiger partial charge on any atom is 0.410 e. The van der Waals surface area contributed by atoms with Gasteiger partial charge in [0.2, 0.25) is 5.92 Å². The molecule has 2 aliphatic rings. The number of imidazole rings is 1. The molecule has 38 heavy (non-hydrogen) atoms. The number of aromatic nitrogens is 3. The number of nitrogens with one attached hydrogen (secondary N) is 2. The molecule has 3 amide bonds. The Hall–Kier alpha value is -3.29. The van der Waals surface area contributed by atoms with E-state index in [9.17, 15) is 31.5 Å². The van der Waals surface area contributed by atoms with Gasteiger partial charge in [0, 0.05) is 37.2 Å². The molecule has 1 aliphatic carbocycles. The van der Waals surface area contributed by atoms with E-state index in [2.05, 4.69) is 14.7 Å². The molecule has 1 aliphatic heterocycles. The second kappa shape index (κ2) is 9.79. The van der Waals surface area contributed by atoms with Gasteiger partial charge in [0.25, 0.3) is 5.91 Å². The molecule has 2 N–H and O–H groups in total. The molecule has 0 radical (unpaired) electrons. The van der Waals surface area contributed by atoms with Crippen LogP contribution < -0.4 is 10.6 Å². The van der Waals surface area contributed by atoms with Crippen LogP contribution in [0.15, 0.2) is 29.9 Å². The maximum atomic E-state index is 13.9. The maximum absolute atomic E-state index is 13.9. The fraction of sp³-hybridized carbons (Fsp3) is 0.500. The lowest BCUT2D eigenvalue weighted by Gasteiger charge is -2.33. The Morgan fingerprint density at radius 3 is 2.68 bits per heavy atom. The molecule has 1 saturated carbocycles. The standard InChI is InChI=1S/C24H25F5N6O2S/c1-13-16(12-38-33-13)21(36)32-20(15-2-5-23(25,26)6-3-15)17-10-34-7-4-14(8-19(34)30-17)9-35-11-18(24(27,28)29)31-22(35)37/h4,7-8,10,12,15,18,20H,2-3,5-6,9,11H2,1H3,(H,31,37)(H,32,36)/t18?,20-/m0/s1. The SMILES string of the molecule is Cc1nscc1C(=O)N[C@H](c1cn2ccc(CN3CC(C(F)(F)F)NC3=O)cc2n1)C1CCC(F)(F)CC1. The normalized spacial score (nSPS) is 21.1. The average molecular weight is 557 g/mol. The van der Waals surface area contributed by atoms with E-state index in [-0.39, 0.29) is 44.1 Å². The predicted molar refractivity (Wildman–Crippen MR) is 128 cm³/mol. The fourth-order valence-electron chi connectivity index (χ4n) is 4.98. The van der Waals surface area contributed by atoms with Crippen LogP contribution in [0, 0.1) is 12.8 Å². The average Bonchev–Trinajstić information content (AvgIpc) is 3.56. The van der Waals surface area contributed by atoms with Gasteiger partial charge in [-0.2, -0.15) is 17.5 Å². The van der Waals surface area contributed by atoms with E-state index in [1.807, 2.05) is 5.32 Å². The Morgan fingerprint density at radius 1 is 1.32 bits per heavy atom. The molecule has 3 aromatic rings. The topological polar surface area (TPSA) is 91.6 Å². The second-order valence-electron chi connectivity index (χ2n) is 9.85. The number of amides is 3. The van der Waals surface area contributed by atoms with Crippen LogP contribution in [0.4, 0.5) is 26.7 Å². The number of fused-ring (bicyclic) bond motifs is 1. The summed E-state index contributed by atoms with van der Waals surface area (Å²) >= 11 is 1.15. The number of hydrogen-bond acceptors (Lipinski definition) is 5. The van der Waals surface area contributed by atoms with Gasteiger partial charge in [-0.25, -0.2) is 18.6 Å². The van der Waals surface area contributed by atoms with Crippen molar-refractivity contribution in [1.29, 1.82) is 0 Å². The van der Waals surface area contributed by atoms with Crippen LogP contribution in [0.1, 0.15) is 59.0 Å². The predicted octanol–water partition coefficient (Wildman–Crippen LogP) is 4.85. The molecular formula is C24H25F5N6O2S. The summed E-state index contributed by atoms with van der Waals surface area (Å²) in [7, 11) is 0. The zero-order valence-corrected chi connectivity index (χ0v) is 21.1.